The molecule has 0 bridgehead atoms. The summed E-state index contributed by atoms with van der Waals surface area (Å²) >= 11 is 0. The summed E-state index contributed by atoms with van der Waals surface area (Å²) in [6.07, 6.45) is 3.16. The average molecular weight is 437 g/mol. The molecular formula is C26H32N2O4. The third-order valence-corrected chi connectivity index (χ3v) is 5.13. The minimum Gasteiger partial charge on any atom is -0.444 e. The van der Waals surface area contributed by atoms with Crippen molar-refractivity contribution in [1.82, 2.24) is 9.80 Å². The van der Waals surface area contributed by atoms with Crippen molar-refractivity contribution < 1.29 is 19.1 Å². The van der Waals surface area contributed by atoms with E-state index in [1.54, 1.807) is 11.1 Å². The predicted octanol–water partition coefficient (Wildman–Crippen LogP) is 4.49. The Bertz CT molecular complexity index is 979. The van der Waals surface area contributed by atoms with E-state index in [9.17, 15) is 9.59 Å². The molecule has 170 valence electrons. The van der Waals surface area contributed by atoms with Crippen molar-refractivity contribution in [2.24, 2.45) is 0 Å². The van der Waals surface area contributed by atoms with Gasteiger partial charge in [0.15, 0.2) is 0 Å². The van der Waals surface area contributed by atoms with Crippen molar-refractivity contribution in [1.29, 1.82) is 0 Å². The Morgan fingerprint density at radius 1 is 1.06 bits per heavy atom. The Kier molecular flexibility index (Phi) is 7.04. The monoisotopic (exact) mass is 436 g/mol. The number of ether oxygens (including phenoxy) is 2. The van der Waals surface area contributed by atoms with Crippen LogP contribution in [0.3, 0.4) is 0 Å². The maximum Gasteiger partial charge on any atom is 0.413 e. The molecule has 0 spiro atoms. The molecule has 1 aliphatic rings. The first-order chi connectivity index (χ1) is 15.1. The second-order valence-corrected chi connectivity index (χ2v) is 9.10. The van der Waals surface area contributed by atoms with Crippen molar-refractivity contribution in [2.45, 2.75) is 45.1 Å². The molecule has 2 aromatic rings. The summed E-state index contributed by atoms with van der Waals surface area (Å²) in [6, 6.07) is 17.3. The van der Waals surface area contributed by atoms with E-state index in [0.717, 1.165) is 11.1 Å². The molecule has 6 nitrogen and oxygen atoms in total. The van der Waals surface area contributed by atoms with E-state index in [0.29, 0.717) is 18.5 Å². The zero-order valence-electron chi connectivity index (χ0n) is 19.5. The number of carbonyl (C=O) groups is 2. The van der Waals surface area contributed by atoms with Crippen molar-refractivity contribution in [3.05, 3.63) is 83.6 Å². The molecule has 0 saturated carbocycles. The zero-order chi connectivity index (χ0) is 23.4. The fourth-order valence-corrected chi connectivity index (χ4v) is 3.73. The Morgan fingerprint density at radius 3 is 2.38 bits per heavy atom. The standard InChI is InChI=1S/C26H32N2O4/c1-25(2,3)32-24(30)28-18-15-21-13-9-10-14-22(21)26(28,23(29)16-17-27(4)5)31-19-20-11-7-6-8-12-20/h6-14,16-17H,15,18-19H2,1-5H3/b17-16+. The van der Waals surface area contributed by atoms with E-state index in [-0.39, 0.29) is 12.4 Å². The van der Waals surface area contributed by atoms with Crippen LogP contribution in [0, 0.1) is 0 Å². The van der Waals surface area contributed by atoms with E-state index in [1.165, 1.54) is 11.0 Å². The molecule has 1 unspecified atom stereocenters. The van der Waals surface area contributed by atoms with Crippen molar-refractivity contribution in [3.8, 4) is 0 Å². The summed E-state index contributed by atoms with van der Waals surface area (Å²) in [5.41, 5.74) is 0.221. The molecule has 0 N–H and O–H groups in total. The van der Waals surface area contributed by atoms with Gasteiger partial charge >= 0.3 is 6.09 Å². The van der Waals surface area contributed by atoms with Gasteiger partial charge in [0.05, 0.1) is 6.61 Å². The number of hydrogen-bond donors (Lipinski definition) is 0. The minimum atomic E-state index is -1.63. The molecule has 1 aliphatic heterocycles. The molecule has 1 heterocycles. The van der Waals surface area contributed by atoms with Gasteiger partial charge in [0.1, 0.15) is 5.60 Å². The van der Waals surface area contributed by atoms with Gasteiger partial charge in [0.25, 0.3) is 0 Å². The van der Waals surface area contributed by atoms with Crippen LogP contribution in [0.5, 0.6) is 0 Å². The molecule has 3 rings (SSSR count). The van der Waals surface area contributed by atoms with Gasteiger partial charge in [-0.1, -0.05) is 54.6 Å². The van der Waals surface area contributed by atoms with Gasteiger partial charge in [-0.15, -0.1) is 0 Å². The Labute approximate surface area is 190 Å². The number of rotatable bonds is 6. The first-order valence-corrected chi connectivity index (χ1v) is 10.8. The highest BCUT2D eigenvalue weighted by molar-refractivity contribution is 6.00. The summed E-state index contributed by atoms with van der Waals surface area (Å²) in [4.78, 5) is 30.3. The summed E-state index contributed by atoms with van der Waals surface area (Å²) in [7, 11) is 3.67. The average Bonchev–Trinajstić information content (AvgIpc) is 2.75. The van der Waals surface area contributed by atoms with Crippen LogP contribution in [0.4, 0.5) is 4.79 Å². The lowest BCUT2D eigenvalue weighted by atomic mass is 9.86. The van der Waals surface area contributed by atoms with Gasteiger partial charge in [0, 0.05) is 38.5 Å². The van der Waals surface area contributed by atoms with Gasteiger partial charge in [-0.3, -0.25) is 9.69 Å². The lowest BCUT2D eigenvalue weighted by Gasteiger charge is -2.46. The first kappa shape index (κ1) is 23.5. The van der Waals surface area contributed by atoms with Crippen molar-refractivity contribution in [3.63, 3.8) is 0 Å². The van der Waals surface area contributed by atoms with Crippen LogP contribution < -0.4 is 0 Å². The topological polar surface area (TPSA) is 59.1 Å². The summed E-state index contributed by atoms with van der Waals surface area (Å²) < 4.78 is 12.1. The highest BCUT2D eigenvalue weighted by Gasteiger charge is 2.52. The number of amides is 1. The quantitative estimate of drug-likeness (QED) is 0.625. The van der Waals surface area contributed by atoms with Crippen LogP contribution in [0.25, 0.3) is 0 Å². The van der Waals surface area contributed by atoms with Gasteiger partial charge in [-0.25, -0.2) is 4.79 Å². The molecule has 6 heteroatoms. The number of ketones is 1. The summed E-state index contributed by atoms with van der Waals surface area (Å²) in [5.74, 6) is -0.333. The Balaban J connectivity index is 2.13. The highest BCUT2D eigenvalue weighted by Crippen LogP contribution is 2.40. The number of carbonyl (C=O) groups excluding carboxylic acids is 2. The third kappa shape index (κ3) is 5.19. The van der Waals surface area contributed by atoms with Crippen molar-refractivity contribution in [2.75, 3.05) is 20.6 Å². The van der Waals surface area contributed by atoms with Crippen LogP contribution in [0.2, 0.25) is 0 Å². The molecule has 0 radical (unpaired) electrons. The van der Waals surface area contributed by atoms with E-state index >= 15 is 0 Å². The van der Waals surface area contributed by atoms with Gasteiger partial charge in [-0.2, -0.15) is 0 Å². The van der Waals surface area contributed by atoms with Crippen molar-refractivity contribution >= 4 is 11.9 Å². The lowest BCUT2D eigenvalue weighted by Crippen LogP contribution is -2.60. The van der Waals surface area contributed by atoms with E-state index in [2.05, 4.69) is 0 Å². The molecular weight excluding hydrogens is 404 g/mol. The normalized spacial score (nSPS) is 18.3. The number of benzene rings is 2. The maximum atomic E-state index is 13.8. The Morgan fingerprint density at radius 2 is 1.72 bits per heavy atom. The second kappa shape index (κ2) is 9.57. The molecule has 32 heavy (non-hydrogen) atoms. The molecule has 1 atom stereocenters. The third-order valence-electron chi connectivity index (χ3n) is 5.13. The number of fused-ring (bicyclic) bond motifs is 1. The molecule has 1 amide bonds. The van der Waals surface area contributed by atoms with Crippen LogP contribution in [0.15, 0.2) is 66.9 Å². The predicted molar refractivity (Wildman–Crippen MR) is 124 cm³/mol. The molecule has 0 aliphatic carbocycles. The minimum absolute atomic E-state index is 0.163. The van der Waals surface area contributed by atoms with Crippen LogP contribution in [0.1, 0.15) is 37.5 Å². The fraction of sp³-hybridized carbons (Fsp3) is 0.385. The van der Waals surface area contributed by atoms with Gasteiger partial charge < -0.3 is 14.4 Å². The molecule has 0 saturated heterocycles. The van der Waals surface area contributed by atoms with Gasteiger partial charge in [-0.05, 0) is 38.3 Å². The highest BCUT2D eigenvalue weighted by atomic mass is 16.6. The maximum absolute atomic E-state index is 13.8. The van der Waals surface area contributed by atoms with E-state index in [1.807, 2.05) is 89.5 Å². The fourth-order valence-electron chi connectivity index (χ4n) is 3.73. The largest absolute Gasteiger partial charge is 0.444 e. The second-order valence-electron chi connectivity index (χ2n) is 9.10. The molecule has 0 fully saturated rings. The van der Waals surface area contributed by atoms with Crippen LogP contribution in [-0.2, 0) is 33.0 Å². The lowest BCUT2D eigenvalue weighted by molar-refractivity contribution is -0.181. The Hall–Kier alpha value is -3.12. The van der Waals surface area contributed by atoms with E-state index in [4.69, 9.17) is 9.47 Å². The summed E-state index contributed by atoms with van der Waals surface area (Å²) in [5, 5.41) is 0. The zero-order valence-corrected chi connectivity index (χ0v) is 19.5. The first-order valence-electron chi connectivity index (χ1n) is 10.8. The molecule has 2 aromatic carbocycles. The number of hydrogen-bond acceptors (Lipinski definition) is 5. The number of nitrogens with zero attached hydrogens (tertiary/aromatic N) is 2. The van der Waals surface area contributed by atoms with Crippen LogP contribution in [-0.4, -0.2) is 47.9 Å². The van der Waals surface area contributed by atoms with Gasteiger partial charge in [0.2, 0.25) is 11.5 Å². The van der Waals surface area contributed by atoms with Crippen LogP contribution >= 0.6 is 0 Å². The van der Waals surface area contributed by atoms with E-state index < -0.39 is 17.4 Å². The smallest absolute Gasteiger partial charge is 0.413 e. The molecule has 0 aromatic heterocycles. The summed E-state index contributed by atoms with van der Waals surface area (Å²) in [6.45, 7) is 5.90. The SMILES string of the molecule is CN(C)/C=C/C(=O)C1(OCc2ccccc2)c2ccccc2CCN1C(=O)OC(C)(C)C.